The van der Waals surface area contributed by atoms with Gasteiger partial charge in [-0.3, -0.25) is 4.18 Å². The summed E-state index contributed by atoms with van der Waals surface area (Å²) in [7, 11) is -3.70. The minimum absolute atomic E-state index is 0.0372. The lowest BCUT2D eigenvalue weighted by atomic mass is 10.0. The predicted molar refractivity (Wildman–Crippen MR) is 79.9 cm³/mol. The molecule has 1 aliphatic carbocycles. The van der Waals surface area contributed by atoms with Crippen molar-refractivity contribution in [3.05, 3.63) is 54.1 Å². The Hall–Kier alpha value is -1.39. The first-order chi connectivity index (χ1) is 9.53. The zero-order valence-electron chi connectivity index (χ0n) is 11.8. The Bertz CT molecular complexity index is 585. The van der Waals surface area contributed by atoms with Crippen LogP contribution in [0.25, 0.3) is 0 Å². The van der Waals surface area contributed by atoms with E-state index in [1.807, 2.05) is 38.2 Å². The van der Waals surface area contributed by atoms with E-state index < -0.39 is 10.1 Å². The molecule has 4 heteroatoms. The Labute approximate surface area is 121 Å². The molecule has 0 heterocycles. The SMILES string of the molecule is CCCC(OS(=O)(=O)c1ccc(C)cc1)C1C=CC=C1. The normalized spacial score (nSPS) is 16.7. The van der Waals surface area contributed by atoms with Gasteiger partial charge in [-0.05, 0) is 25.5 Å². The summed E-state index contributed by atoms with van der Waals surface area (Å²) >= 11 is 0. The standard InChI is InChI=1S/C16H20O3S/c1-3-6-16(14-7-4-5-8-14)19-20(17,18)15-11-9-13(2)10-12-15/h4-5,7-12,14,16H,3,6H2,1-2H3. The summed E-state index contributed by atoms with van der Waals surface area (Å²) in [5, 5.41) is 0. The summed E-state index contributed by atoms with van der Waals surface area (Å²) in [5.74, 6) is 0.0372. The van der Waals surface area contributed by atoms with Gasteiger partial charge in [0.1, 0.15) is 0 Å². The molecule has 20 heavy (non-hydrogen) atoms. The van der Waals surface area contributed by atoms with Crippen LogP contribution in [-0.2, 0) is 14.3 Å². The highest BCUT2D eigenvalue weighted by Gasteiger charge is 2.26. The maximum atomic E-state index is 12.3. The van der Waals surface area contributed by atoms with Crippen molar-refractivity contribution >= 4 is 10.1 Å². The fourth-order valence-electron chi connectivity index (χ4n) is 2.21. The van der Waals surface area contributed by atoms with Crippen LogP contribution in [0.4, 0.5) is 0 Å². The molecule has 0 saturated carbocycles. The average Bonchev–Trinajstić information content (AvgIpc) is 2.92. The highest BCUT2D eigenvalue weighted by Crippen LogP contribution is 2.25. The summed E-state index contributed by atoms with van der Waals surface area (Å²) in [4.78, 5) is 0.218. The van der Waals surface area contributed by atoms with E-state index in [-0.39, 0.29) is 16.9 Å². The van der Waals surface area contributed by atoms with Gasteiger partial charge in [0.2, 0.25) is 0 Å². The predicted octanol–water partition coefficient (Wildman–Crippen LogP) is 3.61. The molecule has 0 fully saturated rings. The zero-order chi connectivity index (χ0) is 14.6. The van der Waals surface area contributed by atoms with Gasteiger partial charge in [0, 0.05) is 5.92 Å². The lowest BCUT2D eigenvalue weighted by Gasteiger charge is -2.20. The molecule has 0 aromatic heterocycles. The van der Waals surface area contributed by atoms with Crippen molar-refractivity contribution in [3.63, 3.8) is 0 Å². The summed E-state index contributed by atoms with van der Waals surface area (Å²) in [6.07, 6.45) is 9.07. The van der Waals surface area contributed by atoms with Gasteiger partial charge in [-0.25, -0.2) is 0 Å². The Morgan fingerprint density at radius 3 is 2.30 bits per heavy atom. The van der Waals surface area contributed by atoms with Crippen LogP contribution in [0.1, 0.15) is 25.3 Å². The largest absolute Gasteiger partial charge is 0.297 e. The number of benzene rings is 1. The maximum absolute atomic E-state index is 12.3. The van der Waals surface area contributed by atoms with Crippen LogP contribution in [0.5, 0.6) is 0 Å². The number of hydrogen-bond acceptors (Lipinski definition) is 3. The molecular weight excluding hydrogens is 272 g/mol. The minimum atomic E-state index is -3.70. The number of rotatable bonds is 6. The second-order valence-corrected chi connectivity index (χ2v) is 6.61. The first kappa shape index (κ1) is 15.0. The third-order valence-corrected chi connectivity index (χ3v) is 4.69. The first-order valence-electron chi connectivity index (χ1n) is 6.88. The molecule has 1 aromatic rings. The van der Waals surface area contributed by atoms with Crippen molar-refractivity contribution in [1.82, 2.24) is 0 Å². The van der Waals surface area contributed by atoms with E-state index in [0.717, 1.165) is 12.0 Å². The van der Waals surface area contributed by atoms with Crippen LogP contribution in [-0.4, -0.2) is 14.5 Å². The molecule has 1 unspecified atom stereocenters. The minimum Gasteiger partial charge on any atom is -0.262 e. The molecule has 1 aliphatic rings. The Morgan fingerprint density at radius 1 is 1.15 bits per heavy atom. The summed E-state index contributed by atoms with van der Waals surface area (Å²) in [6.45, 7) is 3.95. The molecule has 0 aliphatic heterocycles. The molecule has 0 radical (unpaired) electrons. The second kappa shape index (κ2) is 6.37. The van der Waals surface area contributed by atoms with Gasteiger partial charge in [-0.2, -0.15) is 8.42 Å². The van der Waals surface area contributed by atoms with Crippen LogP contribution in [0.2, 0.25) is 0 Å². The summed E-state index contributed by atoms with van der Waals surface area (Å²) in [5.41, 5.74) is 1.02. The van der Waals surface area contributed by atoms with Crippen molar-refractivity contribution in [3.8, 4) is 0 Å². The van der Waals surface area contributed by atoms with Crippen LogP contribution in [0.3, 0.4) is 0 Å². The quantitative estimate of drug-likeness (QED) is 0.752. The van der Waals surface area contributed by atoms with Crippen molar-refractivity contribution in [2.45, 2.75) is 37.7 Å². The second-order valence-electron chi connectivity index (χ2n) is 5.04. The van der Waals surface area contributed by atoms with E-state index in [9.17, 15) is 8.42 Å². The lowest BCUT2D eigenvalue weighted by molar-refractivity contribution is 0.173. The van der Waals surface area contributed by atoms with Crippen molar-refractivity contribution in [1.29, 1.82) is 0 Å². The number of hydrogen-bond donors (Lipinski definition) is 0. The van der Waals surface area contributed by atoms with Crippen molar-refractivity contribution in [2.24, 2.45) is 5.92 Å². The highest BCUT2D eigenvalue weighted by atomic mass is 32.2. The van der Waals surface area contributed by atoms with Gasteiger partial charge in [-0.1, -0.05) is 55.3 Å². The molecule has 1 atom stereocenters. The van der Waals surface area contributed by atoms with E-state index in [4.69, 9.17) is 4.18 Å². The Kier molecular flexibility index (Phi) is 4.78. The third kappa shape index (κ3) is 3.58. The molecule has 0 bridgehead atoms. The number of aryl methyl sites for hydroxylation is 1. The molecule has 0 amide bonds. The number of allylic oxidation sites excluding steroid dienone is 2. The van der Waals surface area contributed by atoms with E-state index >= 15 is 0 Å². The van der Waals surface area contributed by atoms with Gasteiger partial charge in [-0.15, -0.1) is 0 Å². The third-order valence-electron chi connectivity index (χ3n) is 3.34. The topological polar surface area (TPSA) is 43.4 Å². The average molecular weight is 292 g/mol. The molecule has 0 spiro atoms. The molecule has 0 saturated heterocycles. The zero-order valence-corrected chi connectivity index (χ0v) is 12.6. The summed E-state index contributed by atoms with van der Waals surface area (Å²) < 4.78 is 30.1. The van der Waals surface area contributed by atoms with E-state index in [0.29, 0.717) is 6.42 Å². The van der Waals surface area contributed by atoms with Gasteiger partial charge in [0.15, 0.2) is 0 Å². The van der Waals surface area contributed by atoms with Crippen LogP contribution >= 0.6 is 0 Å². The fourth-order valence-corrected chi connectivity index (χ4v) is 3.34. The smallest absolute Gasteiger partial charge is 0.262 e. The van der Waals surface area contributed by atoms with Crippen molar-refractivity contribution < 1.29 is 12.6 Å². The van der Waals surface area contributed by atoms with Crippen LogP contribution < -0.4 is 0 Å². The summed E-state index contributed by atoms with van der Waals surface area (Å²) in [6, 6.07) is 6.74. The molecule has 1 aromatic carbocycles. The molecule has 2 rings (SSSR count). The molecule has 0 N–H and O–H groups in total. The lowest BCUT2D eigenvalue weighted by Crippen LogP contribution is -2.24. The molecular formula is C16H20O3S. The maximum Gasteiger partial charge on any atom is 0.297 e. The fraction of sp³-hybridized carbons (Fsp3) is 0.375. The molecule has 108 valence electrons. The van der Waals surface area contributed by atoms with Gasteiger partial charge < -0.3 is 0 Å². The monoisotopic (exact) mass is 292 g/mol. The van der Waals surface area contributed by atoms with Gasteiger partial charge >= 0.3 is 0 Å². The highest BCUT2D eigenvalue weighted by molar-refractivity contribution is 7.86. The van der Waals surface area contributed by atoms with E-state index in [1.165, 1.54) is 0 Å². The Morgan fingerprint density at radius 2 is 1.75 bits per heavy atom. The van der Waals surface area contributed by atoms with Gasteiger partial charge in [0.05, 0.1) is 11.0 Å². The Balaban J connectivity index is 2.18. The van der Waals surface area contributed by atoms with Gasteiger partial charge in [0.25, 0.3) is 10.1 Å². The van der Waals surface area contributed by atoms with Crippen molar-refractivity contribution in [2.75, 3.05) is 0 Å². The van der Waals surface area contributed by atoms with E-state index in [1.54, 1.807) is 24.3 Å². The van der Waals surface area contributed by atoms with E-state index in [2.05, 4.69) is 0 Å². The molecule has 3 nitrogen and oxygen atoms in total. The van der Waals surface area contributed by atoms with Crippen LogP contribution in [0, 0.1) is 12.8 Å². The first-order valence-corrected chi connectivity index (χ1v) is 8.28. The van der Waals surface area contributed by atoms with Crippen LogP contribution in [0.15, 0.2) is 53.5 Å².